The van der Waals surface area contributed by atoms with Crippen LogP contribution in [0.4, 0.5) is 10.1 Å². The van der Waals surface area contributed by atoms with Gasteiger partial charge in [-0.25, -0.2) is 4.39 Å². The number of ether oxygens (including phenoxy) is 2. The van der Waals surface area contributed by atoms with E-state index in [1.165, 1.54) is 12.1 Å². The number of thiophene rings is 1. The largest absolute Gasteiger partial charge is 0.493 e. The van der Waals surface area contributed by atoms with Gasteiger partial charge in [0.1, 0.15) is 12.4 Å². The minimum absolute atomic E-state index is 0.0653. The number of amides is 1. The summed E-state index contributed by atoms with van der Waals surface area (Å²) in [5, 5.41) is 4.95. The maximum atomic E-state index is 13.7. The van der Waals surface area contributed by atoms with Crippen molar-refractivity contribution in [2.24, 2.45) is 0 Å². The van der Waals surface area contributed by atoms with Crippen LogP contribution in [-0.4, -0.2) is 19.6 Å². The van der Waals surface area contributed by atoms with Gasteiger partial charge >= 0.3 is 0 Å². The maximum Gasteiger partial charge on any atom is 0.225 e. The first-order valence-corrected chi connectivity index (χ1v) is 10.1. The Morgan fingerprint density at radius 3 is 2.90 bits per heavy atom. The number of hydrogen-bond donors (Lipinski definition) is 1. The maximum absolute atomic E-state index is 13.7. The van der Waals surface area contributed by atoms with Crippen molar-refractivity contribution in [2.75, 3.05) is 19.0 Å². The van der Waals surface area contributed by atoms with E-state index in [9.17, 15) is 9.18 Å². The highest BCUT2D eigenvalue weighted by molar-refractivity contribution is 7.11. The van der Waals surface area contributed by atoms with Gasteiger partial charge in [0.25, 0.3) is 0 Å². The number of methoxy groups -OCH3 is 1. The molecule has 4 rings (SSSR count). The number of fused-ring (bicyclic) bond motifs is 1. The molecule has 0 fully saturated rings. The fourth-order valence-corrected chi connectivity index (χ4v) is 4.69. The predicted molar refractivity (Wildman–Crippen MR) is 113 cm³/mol. The molecule has 0 bridgehead atoms. The van der Waals surface area contributed by atoms with Gasteiger partial charge in [0.05, 0.1) is 12.8 Å². The Hall–Kier alpha value is -3.12. The van der Waals surface area contributed by atoms with Crippen molar-refractivity contribution in [3.05, 3.63) is 76.8 Å². The second kappa shape index (κ2) is 8.09. The summed E-state index contributed by atoms with van der Waals surface area (Å²) in [6.07, 6.45) is 2.01. The lowest BCUT2D eigenvalue weighted by molar-refractivity contribution is -0.116. The summed E-state index contributed by atoms with van der Waals surface area (Å²) in [4.78, 5) is 13.5. The second-order valence-corrected chi connectivity index (χ2v) is 7.63. The Kier molecular flexibility index (Phi) is 5.36. The van der Waals surface area contributed by atoms with Gasteiger partial charge in [-0.15, -0.1) is 11.3 Å². The summed E-state index contributed by atoms with van der Waals surface area (Å²) in [6, 6.07) is 12.1. The molecule has 4 nitrogen and oxygen atoms in total. The first kappa shape index (κ1) is 19.2. The summed E-state index contributed by atoms with van der Waals surface area (Å²) in [6.45, 7) is 4.04. The number of carbonyl (C=O) groups excluding carboxylic acids is 1. The van der Waals surface area contributed by atoms with E-state index in [4.69, 9.17) is 9.47 Å². The minimum atomic E-state index is -0.305. The first-order valence-electron chi connectivity index (χ1n) is 9.19. The van der Waals surface area contributed by atoms with E-state index in [1.54, 1.807) is 30.6 Å². The summed E-state index contributed by atoms with van der Waals surface area (Å²) in [7, 11) is 1.59. The molecule has 2 heterocycles. The van der Waals surface area contributed by atoms with Crippen LogP contribution in [0.15, 0.2) is 60.5 Å². The summed E-state index contributed by atoms with van der Waals surface area (Å²) < 4.78 is 24.8. The standard InChI is InChI=1S/C23H20FNO3S/c1-3-9-28-19-8-7-15(11-20(19)27-2)17-12-21(26)25-22-18(13-29-23(17)22)14-5-4-6-16(24)10-14/h3-8,10-11,13,17H,1,9,12H2,2H3,(H,25,26)/t17-/m1/s1. The van der Waals surface area contributed by atoms with Crippen molar-refractivity contribution in [1.29, 1.82) is 0 Å². The molecule has 2 aromatic carbocycles. The zero-order valence-electron chi connectivity index (χ0n) is 15.9. The van der Waals surface area contributed by atoms with Crippen molar-refractivity contribution in [2.45, 2.75) is 12.3 Å². The van der Waals surface area contributed by atoms with Gasteiger partial charge < -0.3 is 14.8 Å². The molecule has 1 aromatic heterocycles. The quantitative estimate of drug-likeness (QED) is 0.539. The molecule has 0 aliphatic carbocycles. The van der Waals surface area contributed by atoms with Crippen molar-refractivity contribution in [3.63, 3.8) is 0 Å². The lowest BCUT2D eigenvalue weighted by atomic mass is 9.89. The van der Waals surface area contributed by atoms with Gasteiger partial charge in [-0.3, -0.25) is 4.79 Å². The average molecular weight is 409 g/mol. The molecule has 1 N–H and O–H groups in total. The molecule has 1 amide bonds. The van der Waals surface area contributed by atoms with Crippen LogP contribution in [0.2, 0.25) is 0 Å². The summed E-state index contributed by atoms with van der Waals surface area (Å²) in [5.41, 5.74) is 3.30. The van der Waals surface area contributed by atoms with Crippen molar-refractivity contribution in [3.8, 4) is 22.6 Å². The van der Waals surface area contributed by atoms with Gasteiger partial charge in [0, 0.05) is 28.2 Å². The van der Waals surface area contributed by atoms with Gasteiger partial charge in [-0.1, -0.05) is 30.9 Å². The Bertz CT molecular complexity index is 1080. The Morgan fingerprint density at radius 1 is 1.28 bits per heavy atom. The molecule has 1 aliphatic heterocycles. The molecular weight excluding hydrogens is 389 g/mol. The van der Waals surface area contributed by atoms with E-state index < -0.39 is 0 Å². The van der Waals surface area contributed by atoms with Crippen LogP contribution >= 0.6 is 11.3 Å². The highest BCUT2D eigenvalue weighted by Gasteiger charge is 2.31. The highest BCUT2D eigenvalue weighted by Crippen LogP contribution is 2.47. The summed E-state index contributed by atoms with van der Waals surface area (Å²) in [5.74, 6) is 0.765. The Morgan fingerprint density at radius 2 is 2.14 bits per heavy atom. The normalized spacial score (nSPS) is 15.4. The zero-order valence-corrected chi connectivity index (χ0v) is 16.7. The molecule has 0 saturated carbocycles. The molecule has 3 aromatic rings. The second-order valence-electron chi connectivity index (χ2n) is 6.71. The van der Waals surface area contributed by atoms with E-state index in [2.05, 4.69) is 11.9 Å². The SMILES string of the molecule is C=CCOc1ccc([C@H]2CC(=O)Nc3c(-c4cccc(F)c4)csc32)cc1OC. The van der Waals surface area contributed by atoms with Crippen molar-refractivity contribution >= 4 is 22.9 Å². The zero-order chi connectivity index (χ0) is 20.4. The van der Waals surface area contributed by atoms with E-state index in [0.717, 1.165) is 27.3 Å². The molecule has 0 unspecified atom stereocenters. The fraction of sp³-hybridized carbons (Fsp3) is 0.174. The molecule has 1 atom stereocenters. The molecule has 0 saturated heterocycles. The Labute approximate surface area is 172 Å². The van der Waals surface area contributed by atoms with Crippen LogP contribution in [0.5, 0.6) is 11.5 Å². The molecule has 29 heavy (non-hydrogen) atoms. The highest BCUT2D eigenvalue weighted by atomic mass is 32.1. The number of halogens is 1. The van der Waals surface area contributed by atoms with Gasteiger partial charge in [-0.05, 0) is 35.4 Å². The van der Waals surface area contributed by atoms with Crippen LogP contribution in [0.3, 0.4) is 0 Å². The monoisotopic (exact) mass is 409 g/mol. The van der Waals surface area contributed by atoms with E-state index in [0.29, 0.717) is 24.5 Å². The van der Waals surface area contributed by atoms with Gasteiger partial charge in [0.15, 0.2) is 11.5 Å². The first-order chi connectivity index (χ1) is 14.1. The minimum Gasteiger partial charge on any atom is -0.493 e. The van der Waals surface area contributed by atoms with E-state index in [-0.39, 0.29) is 17.6 Å². The van der Waals surface area contributed by atoms with Crippen LogP contribution in [0.1, 0.15) is 22.8 Å². The van der Waals surface area contributed by atoms with Gasteiger partial charge in [0.2, 0.25) is 5.91 Å². The average Bonchev–Trinajstić information content (AvgIpc) is 3.15. The van der Waals surface area contributed by atoms with Crippen molar-refractivity contribution in [1.82, 2.24) is 0 Å². The number of benzene rings is 2. The molecular formula is C23H20FNO3S. The van der Waals surface area contributed by atoms with E-state index >= 15 is 0 Å². The molecule has 6 heteroatoms. The summed E-state index contributed by atoms with van der Waals surface area (Å²) >= 11 is 1.57. The number of anilines is 1. The lowest BCUT2D eigenvalue weighted by Gasteiger charge is -2.24. The third-order valence-corrected chi connectivity index (χ3v) is 5.97. The van der Waals surface area contributed by atoms with Crippen LogP contribution in [0.25, 0.3) is 11.1 Å². The van der Waals surface area contributed by atoms with Gasteiger partial charge in [-0.2, -0.15) is 0 Å². The van der Waals surface area contributed by atoms with Crippen molar-refractivity contribution < 1.29 is 18.7 Å². The molecule has 0 radical (unpaired) electrons. The van der Waals surface area contributed by atoms with Crippen LogP contribution in [-0.2, 0) is 4.79 Å². The Balaban J connectivity index is 1.74. The number of nitrogens with one attached hydrogen (secondary N) is 1. The number of hydrogen-bond acceptors (Lipinski definition) is 4. The number of carbonyl (C=O) groups is 1. The molecule has 148 valence electrons. The third kappa shape index (κ3) is 3.76. The number of rotatable bonds is 6. The smallest absolute Gasteiger partial charge is 0.225 e. The predicted octanol–water partition coefficient (Wildman–Crippen LogP) is 5.60. The molecule has 0 spiro atoms. The topological polar surface area (TPSA) is 47.6 Å². The van der Waals surface area contributed by atoms with E-state index in [1.807, 2.05) is 29.6 Å². The third-order valence-electron chi connectivity index (χ3n) is 4.87. The fourth-order valence-electron chi connectivity index (χ4n) is 3.53. The lowest BCUT2D eigenvalue weighted by Crippen LogP contribution is -2.22. The van der Waals surface area contributed by atoms with Crippen LogP contribution in [0, 0.1) is 5.82 Å². The van der Waals surface area contributed by atoms with Crippen LogP contribution < -0.4 is 14.8 Å². The molecule has 1 aliphatic rings.